The van der Waals surface area contributed by atoms with E-state index in [4.69, 9.17) is 0 Å². The lowest BCUT2D eigenvalue weighted by Crippen LogP contribution is -2.14. The molecule has 128 valence electrons. The van der Waals surface area contributed by atoms with Gasteiger partial charge in [0.1, 0.15) is 5.69 Å². The average molecular weight is 420 g/mol. The summed E-state index contributed by atoms with van der Waals surface area (Å²) >= 11 is 3.32. The van der Waals surface area contributed by atoms with E-state index in [9.17, 15) is 13.2 Å². The predicted octanol–water partition coefficient (Wildman–Crippen LogP) is 3.28. The Morgan fingerprint density at radius 3 is 2.56 bits per heavy atom. The summed E-state index contributed by atoms with van der Waals surface area (Å²) in [4.78, 5) is 16.0. The first kappa shape index (κ1) is 17.4. The molecule has 25 heavy (non-hydrogen) atoms. The highest BCUT2D eigenvalue weighted by molar-refractivity contribution is 9.10. The Morgan fingerprint density at radius 1 is 1.12 bits per heavy atom. The third-order valence-electron chi connectivity index (χ3n) is 3.41. The summed E-state index contributed by atoms with van der Waals surface area (Å²) in [7, 11) is -3.57. The molecular formula is C17H14BrN3O3S. The number of amides is 1. The van der Waals surface area contributed by atoms with Crippen molar-refractivity contribution in [1.82, 2.24) is 8.96 Å². The Morgan fingerprint density at radius 2 is 1.88 bits per heavy atom. The van der Waals surface area contributed by atoms with E-state index in [2.05, 4.69) is 26.2 Å². The number of aromatic nitrogens is 2. The molecule has 1 aromatic carbocycles. The monoisotopic (exact) mass is 419 g/mol. The molecule has 0 aliphatic rings. The molecule has 2 aromatic heterocycles. The Hall–Kier alpha value is -2.45. The van der Waals surface area contributed by atoms with Crippen LogP contribution in [0.25, 0.3) is 0 Å². The van der Waals surface area contributed by atoms with Gasteiger partial charge >= 0.3 is 0 Å². The molecule has 0 saturated heterocycles. The summed E-state index contributed by atoms with van der Waals surface area (Å²) in [5, 5.41) is 2.63. The van der Waals surface area contributed by atoms with Crippen molar-refractivity contribution in [3.05, 3.63) is 82.9 Å². The summed E-state index contributed by atoms with van der Waals surface area (Å²) in [5.74, 6) is -0.536. The standard InChI is InChI=1S/C17H14BrN3O3S/c18-14-6-4-13(5-7-14)12-25(23,24)21-10-8-15(11-21)20-17(22)16-3-1-2-9-19-16/h1-11H,12H2,(H,20,22). The first-order valence-corrected chi connectivity index (χ1v) is 9.72. The van der Waals surface area contributed by atoms with Gasteiger partial charge in [0.15, 0.2) is 0 Å². The molecule has 0 aliphatic heterocycles. The quantitative estimate of drug-likeness (QED) is 0.687. The van der Waals surface area contributed by atoms with E-state index in [0.29, 0.717) is 11.3 Å². The van der Waals surface area contributed by atoms with Crippen LogP contribution in [0.4, 0.5) is 5.69 Å². The zero-order chi connectivity index (χ0) is 17.9. The number of carbonyl (C=O) groups is 1. The smallest absolute Gasteiger partial charge is 0.274 e. The molecule has 6 nitrogen and oxygen atoms in total. The minimum atomic E-state index is -3.57. The second-order valence-corrected chi connectivity index (χ2v) is 8.07. The van der Waals surface area contributed by atoms with Gasteiger partial charge in [-0.05, 0) is 35.9 Å². The molecule has 2 heterocycles. The van der Waals surface area contributed by atoms with Crippen LogP contribution in [0.5, 0.6) is 0 Å². The van der Waals surface area contributed by atoms with E-state index in [0.717, 1.165) is 8.45 Å². The molecule has 1 amide bonds. The summed E-state index contributed by atoms with van der Waals surface area (Å²) < 4.78 is 26.9. The van der Waals surface area contributed by atoms with E-state index < -0.39 is 15.9 Å². The first-order valence-electron chi connectivity index (χ1n) is 7.32. The van der Waals surface area contributed by atoms with Gasteiger partial charge in [-0.25, -0.2) is 8.42 Å². The molecule has 0 fully saturated rings. The van der Waals surface area contributed by atoms with Crippen LogP contribution in [-0.2, 0) is 15.8 Å². The molecular weight excluding hydrogens is 406 g/mol. The summed E-state index contributed by atoms with van der Waals surface area (Å²) in [6.07, 6.45) is 4.29. The zero-order valence-corrected chi connectivity index (χ0v) is 15.4. The van der Waals surface area contributed by atoms with E-state index in [1.165, 1.54) is 24.7 Å². The maximum atomic E-state index is 12.5. The van der Waals surface area contributed by atoms with Crippen molar-refractivity contribution in [1.29, 1.82) is 0 Å². The van der Waals surface area contributed by atoms with Gasteiger partial charge in [0, 0.05) is 23.1 Å². The topological polar surface area (TPSA) is 81.1 Å². The maximum absolute atomic E-state index is 12.5. The molecule has 0 unspecified atom stereocenters. The van der Waals surface area contributed by atoms with Gasteiger partial charge in [-0.1, -0.05) is 34.1 Å². The number of nitrogens with zero attached hydrogens (tertiary/aromatic N) is 2. The molecule has 0 saturated carbocycles. The van der Waals surface area contributed by atoms with Crippen molar-refractivity contribution in [3.8, 4) is 0 Å². The Kier molecular flexibility index (Phi) is 5.00. The van der Waals surface area contributed by atoms with Gasteiger partial charge in [-0.2, -0.15) is 0 Å². The van der Waals surface area contributed by atoms with Gasteiger partial charge in [0.05, 0.1) is 11.4 Å². The SMILES string of the molecule is O=C(Nc1ccn(S(=O)(=O)Cc2ccc(Br)cc2)c1)c1ccccn1. The van der Waals surface area contributed by atoms with Crippen LogP contribution in [0.3, 0.4) is 0 Å². The molecule has 1 N–H and O–H groups in total. The van der Waals surface area contributed by atoms with Crippen LogP contribution in [0.15, 0.2) is 71.6 Å². The maximum Gasteiger partial charge on any atom is 0.274 e. The van der Waals surface area contributed by atoms with Crippen LogP contribution >= 0.6 is 15.9 Å². The van der Waals surface area contributed by atoms with Crippen molar-refractivity contribution >= 4 is 37.5 Å². The number of nitrogens with one attached hydrogen (secondary N) is 1. The lowest BCUT2D eigenvalue weighted by molar-refractivity contribution is 0.102. The molecule has 0 bridgehead atoms. The van der Waals surface area contributed by atoms with E-state index in [1.807, 2.05) is 0 Å². The van der Waals surface area contributed by atoms with Crippen LogP contribution in [0, 0.1) is 0 Å². The molecule has 0 radical (unpaired) electrons. The lowest BCUT2D eigenvalue weighted by atomic mass is 10.2. The number of anilines is 1. The third-order valence-corrected chi connectivity index (χ3v) is 5.50. The van der Waals surface area contributed by atoms with Crippen molar-refractivity contribution in [2.45, 2.75) is 5.75 Å². The fraction of sp³-hybridized carbons (Fsp3) is 0.0588. The number of halogens is 1. The number of benzene rings is 1. The number of carbonyl (C=O) groups excluding carboxylic acids is 1. The first-order chi connectivity index (χ1) is 11.9. The fourth-order valence-electron chi connectivity index (χ4n) is 2.18. The van der Waals surface area contributed by atoms with Crippen molar-refractivity contribution in [3.63, 3.8) is 0 Å². The molecule has 3 rings (SSSR count). The highest BCUT2D eigenvalue weighted by Crippen LogP contribution is 2.17. The minimum absolute atomic E-state index is 0.136. The number of rotatable bonds is 5. The summed E-state index contributed by atoms with van der Waals surface area (Å²) in [5.41, 5.74) is 1.32. The second-order valence-electron chi connectivity index (χ2n) is 5.28. The Labute approximate surface area is 153 Å². The van der Waals surface area contributed by atoms with Gasteiger partial charge in [0.2, 0.25) is 10.0 Å². The molecule has 0 atom stereocenters. The van der Waals surface area contributed by atoms with Crippen LogP contribution < -0.4 is 5.32 Å². The second kappa shape index (κ2) is 7.20. The van der Waals surface area contributed by atoms with Crippen LogP contribution in [-0.4, -0.2) is 23.3 Å². The average Bonchev–Trinajstić information content (AvgIpc) is 3.07. The van der Waals surface area contributed by atoms with Gasteiger partial charge < -0.3 is 5.32 Å². The number of pyridine rings is 1. The van der Waals surface area contributed by atoms with Crippen molar-refractivity contribution in [2.24, 2.45) is 0 Å². The van der Waals surface area contributed by atoms with Crippen LogP contribution in [0.2, 0.25) is 0 Å². The third kappa shape index (κ3) is 4.34. The van der Waals surface area contributed by atoms with Crippen molar-refractivity contribution < 1.29 is 13.2 Å². The molecule has 3 aromatic rings. The summed E-state index contributed by atoms with van der Waals surface area (Å²) in [6, 6.07) is 13.6. The lowest BCUT2D eigenvalue weighted by Gasteiger charge is -2.06. The van der Waals surface area contributed by atoms with E-state index in [1.54, 1.807) is 42.5 Å². The van der Waals surface area contributed by atoms with Gasteiger partial charge in [0.25, 0.3) is 5.91 Å². The minimum Gasteiger partial charge on any atom is -0.319 e. The highest BCUT2D eigenvalue weighted by Gasteiger charge is 2.15. The van der Waals surface area contributed by atoms with E-state index in [-0.39, 0.29) is 11.4 Å². The van der Waals surface area contributed by atoms with Gasteiger partial charge in [-0.15, -0.1) is 0 Å². The van der Waals surface area contributed by atoms with Crippen molar-refractivity contribution in [2.75, 3.05) is 5.32 Å². The van der Waals surface area contributed by atoms with E-state index >= 15 is 0 Å². The highest BCUT2D eigenvalue weighted by atomic mass is 79.9. The Balaban J connectivity index is 1.74. The number of hydrogen-bond donors (Lipinski definition) is 1. The molecule has 8 heteroatoms. The predicted molar refractivity (Wildman–Crippen MR) is 98.8 cm³/mol. The van der Waals surface area contributed by atoms with Gasteiger partial charge in [-0.3, -0.25) is 13.8 Å². The summed E-state index contributed by atoms with van der Waals surface area (Å²) in [6.45, 7) is 0. The molecule has 0 spiro atoms. The normalized spacial score (nSPS) is 11.2. The zero-order valence-electron chi connectivity index (χ0n) is 13.0. The fourth-order valence-corrected chi connectivity index (χ4v) is 3.73. The number of hydrogen-bond acceptors (Lipinski definition) is 4. The largest absolute Gasteiger partial charge is 0.319 e. The van der Waals surface area contributed by atoms with Crippen LogP contribution in [0.1, 0.15) is 16.1 Å². The molecule has 0 aliphatic carbocycles. The Bertz CT molecular complexity index is 983.